The number of methoxy groups -OCH3 is 1. The zero-order chi connectivity index (χ0) is 21.8. The van der Waals surface area contributed by atoms with Gasteiger partial charge in [0, 0.05) is 43.3 Å². The molecule has 162 valence electrons. The number of fused-ring (bicyclic) bond motifs is 1. The molecule has 1 aliphatic rings. The van der Waals surface area contributed by atoms with E-state index in [-0.39, 0.29) is 12.1 Å². The molecule has 0 saturated carbocycles. The summed E-state index contributed by atoms with van der Waals surface area (Å²) in [5.74, 6) is 2.44. The zero-order valence-corrected chi connectivity index (χ0v) is 18.0. The van der Waals surface area contributed by atoms with Crippen LogP contribution in [0.3, 0.4) is 0 Å². The minimum absolute atomic E-state index is 0.102. The monoisotopic (exact) mass is 421 g/mol. The van der Waals surface area contributed by atoms with E-state index in [0.29, 0.717) is 26.2 Å². The smallest absolute Gasteiger partial charge is 0.321 e. The van der Waals surface area contributed by atoms with Gasteiger partial charge in [0.2, 0.25) is 0 Å². The van der Waals surface area contributed by atoms with E-state index < -0.39 is 0 Å². The number of nitrogens with zero attached hydrogens (tertiary/aromatic N) is 4. The summed E-state index contributed by atoms with van der Waals surface area (Å²) in [6, 6.07) is 13.1. The molecular weight excluding hydrogens is 394 g/mol. The Balaban J connectivity index is 1.37. The molecule has 2 aromatic carbocycles. The van der Waals surface area contributed by atoms with Crippen molar-refractivity contribution in [3.63, 3.8) is 0 Å². The van der Waals surface area contributed by atoms with Crippen LogP contribution < -0.4 is 19.7 Å². The van der Waals surface area contributed by atoms with E-state index in [0.717, 1.165) is 33.9 Å². The van der Waals surface area contributed by atoms with Gasteiger partial charge in [-0.05, 0) is 50.2 Å². The van der Waals surface area contributed by atoms with Crippen molar-refractivity contribution in [2.45, 2.75) is 20.0 Å². The van der Waals surface area contributed by atoms with E-state index in [4.69, 9.17) is 9.47 Å². The normalized spacial score (nSPS) is 14.1. The van der Waals surface area contributed by atoms with Crippen LogP contribution in [0.2, 0.25) is 0 Å². The van der Waals surface area contributed by atoms with Gasteiger partial charge < -0.3 is 24.6 Å². The van der Waals surface area contributed by atoms with Gasteiger partial charge in [0.25, 0.3) is 0 Å². The molecule has 1 aliphatic heterocycles. The number of ether oxygens (including phenoxy) is 2. The van der Waals surface area contributed by atoms with Crippen LogP contribution >= 0.6 is 0 Å². The first-order chi connectivity index (χ1) is 15.0. The number of anilines is 2. The minimum atomic E-state index is -0.102. The summed E-state index contributed by atoms with van der Waals surface area (Å²) in [5, 5.41) is 3.94. The number of amides is 2. The second-order valence-corrected chi connectivity index (χ2v) is 7.68. The van der Waals surface area contributed by atoms with Crippen molar-refractivity contribution in [3.05, 3.63) is 48.8 Å². The lowest BCUT2D eigenvalue weighted by atomic mass is 10.2. The zero-order valence-electron chi connectivity index (χ0n) is 18.0. The highest BCUT2D eigenvalue weighted by Gasteiger charge is 2.23. The number of nitrogens with one attached hydrogen (secondary N) is 1. The molecule has 0 bridgehead atoms. The number of carbonyl (C=O) groups is 1. The van der Waals surface area contributed by atoms with Crippen LogP contribution in [0.1, 0.15) is 13.8 Å². The fourth-order valence-electron chi connectivity index (χ4n) is 3.61. The molecule has 0 radical (unpaired) electrons. The summed E-state index contributed by atoms with van der Waals surface area (Å²) in [6.07, 6.45) is 1.69. The number of hydrogen-bond donors (Lipinski definition) is 1. The molecule has 0 spiro atoms. The standard InChI is InChI=1S/C23H27N5O3/c1-16(2)31-18-6-4-17(5-7-18)26-23(29)28-12-10-27(11-13-28)22-20-9-8-19(30-3)14-21(20)24-15-25-22/h4-9,14-16H,10-13H2,1-3H3,(H,26,29). The lowest BCUT2D eigenvalue weighted by Gasteiger charge is -2.35. The third kappa shape index (κ3) is 4.79. The maximum Gasteiger partial charge on any atom is 0.321 e. The van der Waals surface area contributed by atoms with Gasteiger partial charge in [-0.15, -0.1) is 0 Å². The Morgan fingerprint density at radius 3 is 2.39 bits per heavy atom. The maximum absolute atomic E-state index is 12.7. The molecule has 4 rings (SSSR count). The molecule has 0 atom stereocenters. The second-order valence-electron chi connectivity index (χ2n) is 7.68. The van der Waals surface area contributed by atoms with E-state index >= 15 is 0 Å². The number of rotatable bonds is 5. The topological polar surface area (TPSA) is 79.8 Å². The fraction of sp³-hybridized carbons (Fsp3) is 0.348. The molecule has 31 heavy (non-hydrogen) atoms. The number of aromatic nitrogens is 2. The molecule has 1 N–H and O–H groups in total. The maximum atomic E-state index is 12.7. The van der Waals surface area contributed by atoms with Crippen LogP contribution in [0, 0.1) is 0 Å². The van der Waals surface area contributed by atoms with E-state index in [1.807, 2.05) is 61.2 Å². The van der Waals surface area contributed by atoms with E-state index in [1.165, 1.54) is 0 Å². The van der Waals surface area contributed by atoms with E-state index in [2.05, 4.69) is 20.2 Å². The van der Waals surface area contributed by atoms with Gasteiger partial charge in [0.05, 0.1) is 18.7 Å². The van der Waals surface area contributed by atoms with Gasteiger partial charge in [-0.2, -0.15) is 0 Å². The Labute approximate surface area is 181 Å². The Morgan fingerprint density at radius 1 is 1.00 bits per heavy atom. The van der Waals surface area contributed by atoms with Gasteiger partial charge in [0.1, 0.15) is 23.6 Å². The lowest BCUT2D eigenvalue weighted by molar-refractivity contribution is 0.208. The van der Waals surface area contributed by atoms with Crippen LogP contribution in [-0.4, -0.2) is 60.3 Å². The molecule has 3 aromatic rings. The number of urea groups is 1. The Hall–Kier alpha value is -3.55. The van der Waals surface area contributed by atoms with Crippen LogP contribution in [-0.2, 0) is 0 Å². The third-order valence-corrected chi connectivity index (χ3v) is 5.17. The molecule has 8 nitrogen and oxygen atoms in total. The second kappa shape index (κ2) is 9.07. The van der Waals surface area contributed by atoms with Gasteiger partial charge in [-0.1, -0.05) is 0 Å². The van der Waals surface area contributed by atoms with E-state index in [1.54, 1.807) is 13.4 Å². The molecule has 2 amide bonds. The predicted octanol–water partition coefficient (Wildman–Crippen LogP) is 3.78. The number of piperazine rings is 1. The highest BCUT2D eigenvalue weighted by molar-refractivity contribution is 5.91. The summed E-state index contributed by atoms with van der Waals surface area (Å²) in [6.45, 7) is 6.59. The summed E-state index contributed by atoms with van der Waals surface area (Å²) >= 11 is 0. The highest BCUT2D eigenvalue weighted by Crippen LogP contribution is 2.27. The molecule has 0 aliphatic carbocycles. The number of carbonyl (C=O) groups excluding carboxylic acids is 1. The van der Waals surface area contributed by atoms with Crippen LogP contribution in [0.15, 0.2) is 48.8 Å². The molecule has 8 heteroatoms. The molecule has 0 unspecified atom stereocenters. The van der Waals surface area contributed by atoms with Gasteiger partial charge >= 0.3 is 6.03 Å². The van der Waals surface area contributed by atoms with Crippen molar-refractivity contribution in [1.82, 2.24) is 14.9 Å². The van der Waals surface area contributed by atoms with Crippen LogP contribution in [0.4, 0.5) is 16.3 Å². The Bertz CT molecular complexity index is 1050. The first-order valence-electron chi connectivity index (χ1n) is 10.4. The quantitative estimate of drug-likeness (QED) is 0.675. The van der Waals surface area contributed by atoms with Gasteiger partial charge in [0.15, 0.2) is 0 Å². The molecule has 2 heterocycles. The van der Waals surface area contributed by atoms with E-state index in [9.17, 15) is 4.79 Å². The molecule has 1 fully saturated rings. The first kappa shape index (κ1) is 20.7. The van der Waals surface area contributed by atoms with Crippen molar-refractivity contribution in [1.29, 1.82) is 0 Å². The Morgan fingerprint density at radius 2 is 1.71 bits per heavy atom. The summed E-state index contributed by atoms with van der Waals surface area (Å²) in [5.41, 5.74) is 1.59. The van der Waals surface area contributed by atoms with Crippen molar-refractivity contribution >= 4 is 28.4 Å². The molecule has 1 saturated heterocycles. The third-order valence-electron chi connectivity index (χ3n) is 5.17. The summed E-state index contributed by atoms with van der Waals surface area (Å²) < 4.78 is 10.9. The largest absolute Gasteiger partial charge is 0.497 e. The fourth-order valence-corrected chi connectivity index (χ4v) is 3.61. The summed E-state index contributed by atoms with van der Waals surface area (Å²) in [7, 11) is 1.64. The average Bonchev–Trinajstić information content (AvgIpc) is 2.79. The van der Waals surface area contributed by atoms with Crippen molar-refractivity contribution in [3.8, 4) is 11.5 Å². The highest BCUT2D eigenvalue weighted by atomic mass is 16.5. The average molecular weight is 422 g/mol. The number of benzene rings is 2. The lowest BCUT2D eigenvalue weighted by Crippen LogP contribution is -2.50. The van der Waals surface area contributed by atoms with Crippen LogP contribution in [0.5, 0.6) is 11.5 Å². The van der Waals surface area contributed by atoms with Crippen molar-refractivity contribution < 1.29 is 14.3 Å². The predicted molar refractivity (Wildman–Crippen MR) is 121 cm³/mol. The SMILES string of the molecule is COc1ccc2c(N3CCN(C(=O)Nc4ccc(OC(C)C)cc4)CC3)ncnc2c1. The molecule has 1 aromatic heterocycles. The summed E-state index contributed by atoms with van der Waals surface area (Å²) in [4.78, 5) is 25.5. The Kier molecular flexibility index (Phi) is 6.06. The van der Waals surface area contributed by atoms with Gasteiger partial charge in [-0.25, -0.2) is 14.8 Å². The van der Waals surface area contributed by atoms with Gasteiger partial charge in [-0.3, -0.25) is 0 Å². The molecular formula is C23H27N5O3. The first-order valence-corrected chi connectivity index (χ1v) is 10.4. The van der Waals surface area contributed by atoms with Crippen molar-refractivity contribution in [2.75, 3.05) is 43.5 Å². The number of hydrogen-bond acceptors (Lipinski definition) is 6. The van der Waals surface area contributed by atoms with Crippen molar-refractivity contribution in [2.24, 2.45) is 0 Å². The minimum Gasteiger partial charge on any atom is -0.497 e. The van der Waals surface area contributed by atoms with Crippen LogP contribution in [0.25, 0.3) is 10.9 Å².